The Morgan fingerprint density at radius 2 is 1.82 bits per heavy atom. The number of methoxy groups -OCH3 is 2. The second kappa shape index (κ2) is 13.2. The summed E-state index contributed by atoms with van der Waals surface area (Å²) in [5.74, 6) is -1.46. The van der Waals surface area contributed by atoms with E-state index in [1.807, 2.05) is 12.1 Å². The van der Waals surface area contributed by atoms with Crippen LogP contribution in [0.25, 0.3) is 11.6 Å². The average molecular weight is 460 g/mol. The summed E-state index contributed by atoms with van der Waals surface area (Å²) in [7, 11) is 2.75. The summed E-state index contributed by atoms with van der Waals surface area (Å²) in [5.41, 5.74) is 1.68. The highest BCUT2D eigenvalue weighted by Crippen LogP contribution is 2.22. The molecule has 33 heavy (non-hydrogen) atoms. The molecule has 3 unspecified atom stereocenters. The van der Waals surface area contributed by atoms with Gasteiger partial charge in [-0.15, -0.1) is 0 Å². The number of carbonyl (C=O) groups is 3. The van der Waals surface area contributed by atoms with Crippen molar-refractivity contribution in [2.45, 2.75) is 32.3 Å². The van der Waals surface area contributed by atoms with Gasteiger partial charge in [0.05, 0.1) is 27.1 Å². The smallest absolute Gasteiger partial charge is 0.341 e. The lowest BCUT2D eigenvalue weighted by atomic mass is 10.0. The molecule has 0 fully saturated rings. The Hall–Kier alpha value is -3.43. The van der Waals surface area contributed by atoms with Crippen LogP contribution in [0, 0.1) is 0 Å². The summed E-state index contributed by atoms with van der Waals surface area (Å²) in [6.45, 7) is 2.67. The van der Waals surface area contributed by atoms with Gasteiger partial charge in [0, 0.05) is 13.8 Å². The van der Waals surface area contributed by atoms with Crippen molar-refractivity contribution < 1.29 is 42.8 Å². The minimum Gasteiger partial charge on any atom is -0.503 e. The van der Waals surface area contributed by atoms with Crippen LogP contribution in [0.1, 0.15) is 25.0 Å². The lowest BCUT2D eigenvalue weighted by Crippen LogP contribution is -2.42. The Bertz CT molecular complexity index is 916. The molecule has 2 rings (SSSR count). The summed E-state index contributed by atoms with van der Waals surface area (Å²) >= 11 is 0. The van der Waals surface area contributed by atoms with Crippen LogP contribution in [0.3, 0.4) is 0 Å². The van der Waals surface area contributed by atoms with Gasteiger partial charge in [-0.25, -0.2) is 4.79 Å². The lowest BCUT2D eigenvalue weighted by molar-refractivity contribution is -0.194. The topological polar surface area (TPSA) is 107 Å². The molecule has 0 N–H and O–H groups in total. The van der Waals surface area contributed by atoms with Crippen LogP contribution in [-0.2, 0) is 42.8 Å². The van der Waals surface area contributed by atoms with Crippen molar-refractivity contribution in [3.8, 4) is 0 Å². The third kappa shape index (κ3) is 8.21. The zero-order valence-corrected chi connectivity index (χ0v) is 19.0. The third-order valence-corrected chi connectivity index (χ3v) is 4.43. The summed E-state index contributed by atoms with van der Waals surface area (Å²) in [6, 6.07) is 7.27. The van der Waals surface area contributed by atoms with E-state index in [-0.39, 0.29) is 18.8 Å². The maximum Gasteiger partial charge on any atom is 0.341 e. The summed E-state index contributed by atoms with van der Waals surface area (Å²) in [4.78, 5) is 34.5. The predicted molar refractivity (Wildman–Crippen MR) is 118 cm³/mol. The summed E-state index contributed by atoms with van der Waals surface area (Å²) < 4.78 is 31.5. The Morgan fingerprint density at radius 1 is 1.06 bits per heavy atom. The van der Waals surface area contributed by atoms with E-state index in [1.165, 1.54) is 34.3 Å². The van der Waals surface area contributed by atoms with E-state index in [2.05, 4.69) is 0 Å². The van der Waals surface area contributed by atoms with E-state index in [0.717, 1.165) is 5.56 Å². The summed E-state index contributed by atoms with van der Waals surface area (Å²) in [5, 5.41) is 0. The van der Waals surface area contributed by atoms with Crippen LogP contribution in [0.4, 0.5) is 0 Å². The van der Waals surface area contributed by atoms with Crippen molar-refractivity contribution in [3.05, 3.63) is 59.9 Å². The standard InChI is InChI=1S/C24H28O9/c1-16(25)31-15-22-21(32-17(2)26)11-12-23(33-22)30-13-7-9-18-8-5-6-10-19(18)20(14-28-3)24(27)29-4/h5-12,14,21-23H,13,15H2,1-4H3. The van der Waals surface area contributed by atoms with Crippen molar-refractivity contribution in [3.63, 3.8) is 0 Å². The maximum atomic E-state index is 12.1. The van der Waals surface area contributed by atoms with Crippen LogP contribution in [-0.4, -0.2) is 63.8 Å². The van der Waals surface area contributed by atoms with Gasteiger partial charge in [-0.1, -0.05) is 36.4 Å². The number of esters is 3. The minimum atomic E-state index is -0.726. The van der Waals surface area contributed by atoms with Crippen LogP contribution >= 0.6 is 0 Å². The van der Waals surface area contributed by atoms with Crippen molar-refractivity contribution >= 4 is 29.6 Å². The first kappa shape index (κ1) is 25.8. The average Bonchev–Trinajstić information content (AvgIpc) is 2.79. The molecule has 0 saturated carbocycles. The van der Waals surface area contributed by atoms with Gasteiger partial charge in [-0.2, -0.15) is 0 Å². The van der Waals surface area contributed by atoms with E-state index in [1.54, 1.807) is 36.4 Å². The van der Waals surface area contributed by atoms with E-state index < -0.39 is 36.4 Å². The highest BCUT2D eigenvalue weighted by Gasteiger charge is 2.30. The number of hydrogen-bond donors (Lipinski definition) is 0. The molecule has 178 valence electrons. The van der Waals surface area contributed by atoms with Crippen LogP contribution in [0.2, 0.25) is 0 Å². The molecule has 1 aliphatic heterocycles. The van der Waals surface area contributed by atoms with Crippen molar-refractivity contribution in [2.24, 2.45) is 0 Å². The first-order valence-electron chi connectivity index (χ1n) is 10.2. The second-order valence-electron chi connectivity index (χ2n) is 6.89. The molecule has 9 heteroatoms. The Balaban J connectivity index is 2.04. The van der Waals surface area contributed by atoms with Crippen molar-refractivity contribution in [2.75, 3.05) is 27.4 Å². The Labute approximate surface area is 192 Å². The van der Waals surface area contributed by atoms with E-state index in [9.17, 15) is 14.4 Å². The lowest BCUT2D eigenvalue weighted by Gasteiger charge is -2.31. The highest BCUT2D eigenvalue weighted by molar-refractivity contribution is 6.17. The normalized spacial score (nSPS) is 20.4. The molecule has 3 atom stereocenters. The molecule has 0 radical (unpaired) electrons. The van der Waals surface area contributed by atoms with Crippen molar-refractivity contribution in [1.82, 2.24) is 0 Å². The predicted octanol–water partition coefficient (Wildman–Crippen LogP) is 2.65. The van der Waals surface area contributed by atoms with Gasteiger partial charge < -0.3 is 28.4 Å². The first-order chi connectivity index (χ1) is 15.8. The van der Waals surface area contributed by atoms with E-state index in [4.69, 9.17) is 28.4 Å². The SMILES string of the molecule is COC=C(C(=O)OC)c1ccccc1C=CCOC1C=CC(OC(C)=O)C(COC(C)=O)O1. The van der Waals surface area contributed by atoms with Crippen LogP contribution in [0.15, 0.2) is 48.8 Å². The molecule has 0 aromatic heterocycles. The van der Waals surface area contributed by atoms with Gasteiger partial charge in [-0.05, 0) is 23.3 Å². The number of carbonyl (C=O) groups excluding carboxylic acids is 3. The molecular weight excluding hydrogens is 432 g/mol. The zero-order chi connectivity index (χ0) is 24.2. The second-order valence-corrected chi connectivity index (χ2v) is 6.89. The fraction of sp³-hybridized carbons (Fsp3) is 0.375. The van der Waals surface area contributed by atoms with Gasteiger partial charge in [0.25, 0.3) is 0 Å². The molecule has 1 aromatic carbocycles. The number of hydrogen-bond acceptors (Lipinski definition) is 9. The van der Waals surface area contributed by atoms with E-state index >= 15 is 0 Å². The van der Waals surface area contributed by atoms with Gasteiger partial charge in [0.15, 0.2) is 6.29 Å². The monoisotopic (exact) mass is 460 g/mol. The Morgan fingerprint density at radius 3 is 2.48 bits per heavy atom. The Kier molecular flexibility index (Phi) is 10.3. The highest BCUT2D eigenvalue weighted by atomic mass is 16.7. The van der Waals surface area contributed by atoms with Gasteiger partial charge >= 0.3 is 17.9 Å². The quantitative estimate of drug-likeness (QED) is 0.171. The molecule has 0 saturated heterocycles. The van der Waals surface area contributed by atoms with Crippen LogP contribution in [0.5, 0.6) is 0 Å². The fourth-order valence-electron chi connectivity index (χ4n) is 3.02. The van der Waals surface area contributed by atoms with Gasteiger partial charge in [0.2, 0.25) is 0 Å². The third-order valence-electron chi connectivity index (χ3n) is 4.43. The molecular formula is C24H28O9. The molecule has 0 amide bonds. The number of ether oxygens (including phenoxy) is 6. The molecule has 9 nitrogen and oxygen atoms in total. The fourth-order valence-corrected chi connectivity index (χ4v) is 3.02. The zero-order valence-electron chi connectivity index (χ0n) is 19.0. The van der Waals surface area contributed by atoms with Gasteiger partial charge in [0.1, 0.15) is 24.4 Å². The number of benzene rings is 1. The molecule has 1 heterocycles. The van der Waals surface area contributed by atoms with Crippen LogP contribution < -0.4 is 0 Å². The molecule has 1 aromatic rings. The molecule has 0 aliphatic carbocycles. The minimum absolute atomic E-state index is 0.0805. The summed E-state index contributed by atoms with van der Waals surface area (Å²) in [6.07, 6.45) is 6.04. The molecule has 1 aliphatic rings. The molecule has 0 bridgehead atoms. The van der Waals surface area contributed by atoms with Crippen molar-refractivity contribution in [1.29, 1.82) is 0 Å². The first-order valence-corrected chi connectivity index (χ1v) is 10.2. The number of rotatable bonds is 10. The van der Waals surface area contributed by atoms with E-state index in [0.29, 0.717) is 5.56 Å². The largest absolute Gasteiger partial charge is 0.503 e. The van der Waals surface area contributed by atoms with Gasteiger partial charge in [-0.3, -0.25) is 9.59 Å². The maximum absolute atomic E-state index is 12.1. The molecule has 0 spiro atoms.